The van der Waals surface area contributed by atoms with Gasteiger partial charge in [0, 0.05) is 17.0 Å². The molecule has 3 aromatic rings. The molecule has 2 unspecified atom stereocenters. The van der Waals surface area contributed by atoms with Gasteiger partial charge in [0.25, 0.3) is 0 Å². The monoisotopic (exact) mass is 364 g/mol. The Hall–Kier alpha value is -3.00. The SMILES string of the molecule is C1=CNC(n2c3c(c4c5ccccc5ccc42)CC(C2=CCCC2)C=C3)C=C1. The quantitative estimate of drug-likeness (QED) is 0.531. The van der Waals surface area contributed by atoms with E-state index in [2.05, 4.69) is 82.7 Å². The molecule has 2 atom stereocenters. The topological polar surface area (TPSA) is 17.0 Å². The lowest BCUT2D eigenvalue weighted by molar-refractivity contribution is 0.555. The highest BCUT2D eigenvalue weighted by Gasteiger charge is 2.27. The minimum Gasteiger partial charge on any atom is -0.368 e. The molecule has 0 bridgehead atoms. The lowest BCUT2D eigenvalue weighted by atomic mass is 9.85. The third-order valence-electron chi connectivity index (χ3n) is 6.55. The molecule has 0 radical (unpaired) electrons. The van der Waals surface area contributed by atoms with E-state index in [9.17, 15) is 0 Å². The van der Waals surface area contributed by atoms with Crippen LogP contribution in [0.5, 0.6) is 0 Å². The summed E-state index contributed by atoms with van der Waals surface area (Å²) in [5, 5.41) is 7.67. The van der Waals surface area contributed by atoms with Gasteiger partial charge in [0.2, 0.25) is 0 Å². The van der Waals surface area contributed by atoms with Gasteiger partial charge in [0.05, 0.1) is 5.52 Å². The Morgan fingerprint density at radius 2 is 1.96 bits per heavy atom. The van der Waals surface area contributed by atoms with Gasteiger partial charge in [-0.15, -0.1) is 0 Å². The molecule has 1 N–H and O–H groups in total. The minimum atomic E-state index is 0.157. The van der Waals surface area contributed by atoms with Gasteiger partial charge in [0.1, 0.15) is 6.17 Å². The number of hydrogen-bond donors (Lipinski definition) is 1. The van der Waals surface area contributed by atoms with Crippen LogP contribution in [0.15, 0.2) is 78.6 Å². The van der Waals surface area contributed by atoms with E-state index in [4.69, 9.17) is 0 Å². The molecule has 3 aliphatic rings. The molecule has 28 heavy (non-hydrogen) atoms. The molecule has 2 aromatic carbocycles. The first-order valence-corrected chi connectivity index (χ1v) is 10.4. The fraction of sp³-hybridized carbons (Fsp3) is 0.231. The highest BCUT2D eigenvalue weighted by Crippen LogP contribution is 2.41. The number of rotatable bonds is 2. The molecule has 1 aliphatic heterocycles. The molecular weight excluding hydrogens is 340 g/mol. The van der Waals surface area contributed by atoms with Gasteiger partial charge in [-0.1, -0.05) is 54.1 Å². The van der Waals surface area contributed by atoms with E-state index in [1.165, 1.54) is 52.2 Å². The van der Waals surface area contributed by atoms with Crippen LogP contribution in [0.2, 0.25) is 0 Å². The zero-order valence-corrected chi connectivity index (χ0v) is 15.9. The van der Waals surface area contributed by atoms with Crippen LogP contribution >= 0.6 is 0 Å². The lowest BCUT2D eigenvalue weighted by Gasteiger charge is -2.24. The van der Waals surface area contributed by atoms with Crippen LogP contribution in [0.1, 0.15) is 36.7 Å². The summed E-state index contributed by atoms with van der Waals surface area (Å²) in [4.78, 5) is 0. The zero-order valence-electron chi connectivity index (χ0n) is 15.9. The number of nitrogens with zero attached hydrogens (tertiary/aromatic N) is 1. The van der Waals surface area contributed by atoms with E-state index < -0.39 is 0 Å². The predicted octanol–water partition coefficient (Wildman–Crippen LogP) is 6.26. The van der Waals surface area contributed by atoms with E-state index in [1.807, 2.05) is 6.20 Å². The second-order valence-corrected chi connectivity index (χ2v) is 8.11. The molecule has 2 heteroatoms. The van der Waals surface area contributed by atoms with Crippen LogP contribution in [0.4, 0.5) is 0 Å². The van der Waals surface area contributed by atoms with Crippen molar-refractivity contribution in [3.63, 3.8) is 0 Å². The van der Waals surface area contributed by atoms with Gasteiger partial charge < -0.3 is 9.88 Å². The highest BCUT2D eigenvalue weighted by atomic mass is 15.2. The summed E-state index contributed by atoms with van der Waals surface area (Å²) in [6.45, 7) is 0. The van der Waals surface area contributed by atoms with E-state index in [1.54, 1.807) is 5.57 Å². The summed E-state index contributed by atoms with van der Waals surface area (Å²) in [6, 6.07) is 13.4. The normalized spacial score (nSPS) is 23.2. The van der Waals surface area contributed by atoms with Crippen molar-refractivity contribution in [3.05, 3.63) is 89.8 Å². The minimum absolute atomic E-state index is 0.157. The first-order valence-electron chi connectivity index (χ1n) is 10.4. The summed E-state index contributed by atoms with van der Waals surface area (Å²) < 4.78 is 2.48. The second-order valence-electron chi connectivity index (χ2n) is 8.11. The molecular formula is C26H24N2. The Labute approximate surface area is 165 Å². The molecule has 2 nitrogen and oxygen atoms in total. The Kier molecular flexibility index (Phi) is 3.58. The summed E-state index contributed by atoms with van der Waals surface area (Å²) in [5.74, 6) is 0.558. The lowest BCUT2D eigenvalue weighted by Crippen LogP contribution is -2.23. The summed E-state index contributed by atoms with van der Waals surface area (Å²) in [5.41, 5.74) is 5.84. The van der Waals surface area contributed by atoms with Crippen molar-refractivity contribution in [1.82, 2.24) is 9.88 Å². The Morgan fingerprint density at radius 1 is 1.00 bits per heavy atom. The number of aromatic nitrogens is 1. The van der Waals surface area contributed by atoms with Crippen LogP contribution in [-0.4, -0.2) is 4.57 Å². The third kappa shape index (κ3) is 2.34. The molecule has 0 spiro atoms. The molecule has 138 valence electrons. The van der Waals surface area contributed by atoms with Crippen LogP contribution < -0.4 is 5.32 Å². The van der Waals surface area contributed by atoms with Gasteiger partial charge in [-0.2, -0.15) is 0 Å². The predicted molar refractivity (Wildman–Crippen MR) is 118 cm³/mol. The molecule has 1 aromatic heterocycles. The maximum atomic E-state index is 3.53. The fourth-order valence-electron chi connectivity index (χ4n) is 5.25. The zero-order chi connectivity index (χ0) is 18.5. The van der Waals surface area contributed by atoms with Crippen molar-refractivity contribution in [2.75, 3.05) is 0 Å². The maximum Gasteiger partial charge on any atom is 0.123 e. The van der Waals surface area contributed by atoms with E-state index >= 15 is 0 Å². The average molecular weight is 364 g/mol. The summed E-state index contributed by atoms with van der Waals surface area (Å²) >= 11 is 0. The standard InChI is InChI=1S/C26H24N2/c1-2-8-18(7-1)20-13-14-23-22(17-20)26-21-10-4-3-9-19(21)12-15-24(26)28(23)25-11-5-6-16-27-25/h3-7,9-16,20,25,27H,1-2,8,17H2. The number of nitrogens with one attached hydrogen (secondary N) is 1. The highest BCUT2D eigenvalue weighted by molar-refractivity contribution is 6.10. The molecule has 0 saturated heterocycles. The molecule has 2 heterocycles. The molecule has 0 saturated carbocycles. The summed E-state index contributed by atoms with van der Waals surface area (Å²) in [6.07, 6.45) is 20.9. The van der Waals surface area contributed by atoms with Crippen LogP contribution in [0, 0.1) is 5.92 Å². The van der Waals surface area contributed by atoms with Gasteiger partial charge in [-0.25, -0.2) is 0 Å². The number of dihydropyridines is 1. The number of allylic oxidation sites excluding steroid dienone is 5. The van der Waals surface area contributed by atoms with Crippen LogP contribution in [-0.2, 0) is 6.42 Å². The number of fused-ring (bicyclic) bond motifs is 5. The molecule has 0 fully saturated rings. The Bertz CT molecular complexity index is 1200. The van der Waals surface area contributed by atoms with Gasteiger partial charge in [0.15, 0.2) is 0 Å². The van der Waals surface area contributed by atoms with E-state index in [0.29, 0.717) is 5.92 Å². The Balaban J connectivity index is 1.62. The largest absolute Gasteiger partial charge is 0.368 e. The van der Waals surface area contributed by atoms with Crippen LogP contribution in [0.3, 0.4) is 0 Å². The maximum absolute atomic E-state index is 3.53. The van der Waals surface area contributed by atoms with Gasteiger partial charge in [-0.3, -0.25) is 0 Å². The van der Waals surface area contributed by atoms with Crippen molar-refractivity contribution >= 4 is 27.8 Å². The van der Waals surface area contributed by atoms with Crippen molar-refractivity contribution in [2.45, 2.75) is 31.8 Å². The first-order chi connectivity index (χ1) is 13.9. The molecule has 6 rings (SSSR count). The van der Waals surface area contributed by atoms with Crippen molar-refractivity contribution < 1.29 is 0 Å². The third-order valence-corrected chi connectivity index (χ3v) is 6.55. The summed E-state index contributed by atoms with van der Waals surface area (Å²) in [7, 11) is 0. The van der Waals surface area contributed by atoms with Crippen LogP contribution in [0.25, 0.3) is 27.8 Å². The smallest absolute Gasteiger partial charge is 0.123 e. The van der Waals surface area contributed by atoms with Crippen molar-refractivity contribution in [1.29, 1.82) is 0 Å². The van der Waals surface area contributed by atoms with Crippen molar-refractivity contribution in [3.8, 4) is 0 Å². The van der Waals surface area contributed by atoms with Gasteiger partial charge >= 0.3 is 0 Å². The first kappa shape index (κ1) is 16.0. The average Bonchev–Trinajstić information content (AvgIpc) is 3.40. The number of hydrogen-bond acceptors (Lipinski definition) is 1. The molecule has 2 aliphatic carbocycles. The van der Waals surface area contributed by atoms with Crippen molar-refractivity contribution in [2.24, 2.45) is 5.92 Å². The second kappa shape index (κ2) is 6.27. The van der Waals surface area contributed by atoms with E-state index in [0.717, 1.165) is 6.42 Å². The Morgan fingerprint density at radius 3 is 2.82 bits per heavy atom. The fourth-order valence-corrected chi connectivity index (χ4v) is 5.25. The number of benzene rings is 2. The van der Waals surface area contributed by atoms with Gasteiger partial charge in [-0.05, 0) is 72.5 Å². The van der Waals surface area contributed by atoms with E-state index in [-0.39, 0.29) is 6.17 Å². The molecule has 0 amide bonds.